The zero-order chi connectivity index (χ0) is 18.2. The van der Waals surface area contributed by atoms with E-state index in [0.29, 0.717) is 17.1 Å². The maximum atomic E-state index is 12.2. The first-order valence-electron chi connectivity index (χ1n) is 7.62. The molecule has 0 fully saturated rings. The monoisotopic (exact) mass is 344 g/mol. The summed E-state index contributed by atoms with van der Waals surface area (Å²) in [7, 11) is 3.01. The number of benzene rings is 2. The first-order chi connectivity index (χ1) is 12.0. The topological polar surface area (TPSA) is 96.9 Å². The van der Waals surface area contributed by atoms with Crippen LogP contribution in [0.1, 0.15) is 20.7 Å². The van der Waals surface area contributed by atoms with Crippen LogP contribution in [0.25, 0.3) is 0 Å². The third-order valence-electron chi connectivity index (χ3n) is 3.46. The molecule has 0 spiro atoms. The van der Waals surface area contributed by atoms with Crippen LogP contribution in [-0.2, 0) is 0 Å². The van der Waals surface area contributed by atoms with Gasteiger partial charge in [0.15, 0.2) is 0 Å². The molecule has 0 saturated carbocycles. The van der Waals surface area contributed by atoms with Crippen molar-refractivity contribution in [2.24, 2.45) is 0 Å². The summed E-state index contributed by atoms with van der Waals surface area (Å²) in [6.45, 7) is 0.456. The van der Waals surface area contributed by atoms with Gasteiger partial charge < -0.3 is 25.2 Å². The highest BCUT2D eigenvalue weighted by atomic mass is 16.5. The van der Waals surface area contributed by atoms with Gasteiger partial charge in [0.05, 0.1) is 19.8 Å². The highest BCUT2D eigenvalue weighted by molar-refractivity contribution is 5.97. The van der Waals surface area contributed by atoms with Gasteiger partial charge in [0.25, 0.3) is 11.8 Å². The maximum absolute atomic E-state index is 12.2. The van der Waals surface area contributed by atoms with Crippen LogP contribution in [0.15, 0.2) is 42.5 Å². The van der Waals surface area contributed by atoms with Gasteiger partial charge in [-0.25, -0.2) is 0 Å². The molecule has 2 aromatic carbocycles. The summed E-state index contributed by atoms with van der Waals surface area (Å²) in [6.07, 6.45) is 0. The van der Waals surface area contributed by atoms with Gasteiger partial charge in [-0.3, -0.25) is 9.59 Å². The van der Waals surface area contributed by atoms with E-state index in [9.17, 15) is 14.7 Å². The molecule has 0 aromatic heterocycles. The first-order valence-corrected chi connectivity index (χ1v) is 7.62. The Bertz CT molecular complexity index is 739. The number of para-hydroxylation sites is 1. The molecule has 0 bridgehead atoms. The van der Waals surface area contributed by atoms with Crippen LogP contribution in [0.5, 0.6) is 17.2 Å². The molecule has 0 radical (unpaired) electrons. The van der Waals surface area contributed by atoms with Crippen LogP contribution < -0.4 is 20.1 Å². The maximum Gasteiger partial charge on any atom is 0.255 e. The van der Waals surface area contributed by atoms with Crippen molar-refractivity contribution in [3.05, 3.63) is 53.6 Å². The van der Waals surface area contributed by atoms with Crippen LogP contribution in [-0.4, -0.2) is 44.2 Å². The summed E-state index contributed by atoms with van der Waals surface area (Å²) in [5.41, 5.74) is 0.578. The van der Waals surface area contributed by atoms with E-state index < -0.39 is 5.91 Å². The second-order valence-corrected chi connectivity index (χ2v) is 5.13. The smallest absolute Gasteiger partial charge is 0.255 e. The molecule has 0 unspecified atom stereocenters. The normalized spacial score (nSPS) is 10.0. The van der Waals surface area contributed by atoms with Gasteiger partial charge in [-0.05, 0) is 24.3 Å². The number of phenolic OH excluding ortho intramolecular Hbond substituents is 1. The van der Waals surface area contributed by atoms with E-state index in [2.05, 4.69) is 10.6 Å². The van der Waals surface area contributed by atoms with Gasteiger partial charge in [0.2, 0.25) is 0 Å². The molecule has 0 saturated heterocycles. The Labute approximate surface area is 145 Å². The summed E-state index contributed by atoms with van der Waals surface area (Å²) in [6, 6.07) is 11.1. The summed E-state index contributed by atoms with van der Waals surface area (Å²) in [5.74, 6) is 0.214. The lowest BCUT2D eigenvalue weighted by Gasteiger charge is -2.10. The Balaban J connectivity index is 1.87. The molecule has 7 nitrogen and oxygen atoms in total. The van der Waals surface area contributed by atoms with Gasteiger partial charge >= 0.3 is 0 Å². The summed E-state index contributed by atoms with van der Waals surface area (Å²) >= 11 is 0. The minimum absolute atomic E-state index is 0.0903. The average Bonchev–Trinajstić information content (AvgIpc) is 2.64. The van der Waals surface area contributed by atoms with Crippen molar-refractivity contribution in [3.63, 3.8) is 0 Å². The van der Waals surface area contributed by atoms with Crippen LogP contribution in [0.3, 0.4) is 0 Å². The van der Waals surface area contributed by atoms with E-state index in [1.165, 1.54) is 26.4 Å². The van der Waals surface area contributed by atoms with E-state index >= 15 is 0 Å². The summed E-state index contributed by atoms with van der Waals surface area (Å²) in [5, 5.41) is 14.9. The third kappa shape index (κ3) is 4.87. The molecule has 0 aliphatic rings. The second kappa shape index (κ2) is 8.58. The molecule has 2 rings (SSSR count). The third-order valence-corrected chi connectivity index (χ3v) is 3.46. The van der Waals surface area contributed by atoms with E-state index in [1.54, 1.807) is 30.3 Å². The number of carbonyl (C=O) groups excluding carboxylic acids is 2. The predicted molar refractivity (Wildman–Crippen MR) is 92.3 cm³/mol. The highest BCUT2D eigenvalue weighted by Gasteiger charge is 2.11. The van der Waals surface area contributed by atoms with Crippen LogP contribution in [0, 0.1) is 0 Å². The fourth-order valence-corrected chi connectivity index (χ4v) is 2.15. The molecule has 0 aliphatic carbocycles. The lowest BCUT2D eigenvalue weighted by Crippen LogP contribution is -2.34. The first kappa shape index (κ1) is 18.1. The second-order valence-electron chi connectivity index (χ2n) is 5.13. The molecular formula is C18H20N2O5. The molecule has 2 amide bonds. The molecule has 0 aliphatic heterocycles. The number of ether oxygens (including phenoxy) is 2. The Morgan fingerprint density at radius 2 is 1.48 bits per heavy atom. The van der Waals surface area contributed by atoms with Gasteiger partial charge in [-0.15, -0.1) is 0 Å². The van der Waals surface area contributed by atoms with Gasteiger partial charge in [0.1, 0.15) is 17.2 Å². The minimum Gasteiger partial charge on any atom is -0.507 e. The van der Waals surface area contributed by atoms with Gasteiger partial charge in [0, 0.05) is 24.7 Å². The molecule has 0 heterocycles. The molecular weight excluding hydrogens is 324 g/mol. The molecule has 2 aromatic rings. The predicted octanol–water partition coefficient (Wildman–Crippen LogP) is 1.57. The number of aromatic hydroxyl groups is 1. The van der Waals surface area contributed by atoms with Gasteiger partial charge in [-0.2, -0.15) is 0 Å². The van der Waals surface area contributed by atoms with E-state index in [-0.39, 0.29) is 30.3 Å². The lowest BCUT2D eigenvalue weighted by atomic mass is 10.2. The number of nitrogens with one attached hydrogen (secondary N) is 2. The molecule has 7 heteroatoms. The molecule has 25 heavy (non-hydrogen) atoms. The van der Waals surface area contributed by atoms with Crippen molar-refractivity contribution in [2.45, 2.75) is 0 Å². The number of carbonyl (C=O) groups is 2. The number of methoxy groups -OCH3 is 2. The number of amides is 2. The minimum atomic E-state index is -0.407. The lowest BCUT2D eigenvalue weighted by molar-refractivity contribution is 0.0926. The van der Waals surface area contributed by atoms with Crippen molar-refractivity contribution < 1.29 is 24.2 Å². The van der Waals surface area contributed by atoms with Crippen molar-refractivity contribution in [1.82, 2.24) is 10.6 Å². The molecule has 3 N–H and O–H groups in total. The van der Waals surface area contributed by atoms with Crippen molar-refractivity contribution in [1.29, 1.82) is 0 Å². The highest BCUT2D eigenvalue weighted by Crippen LogP contribution is 2.22. The van der Waals surface area contributed by atoms with E-state index in [4.69, 9.17) is 9.47 Å². The van der Waals surface area contributed by atoms with E-state index in [0.717, 1.165) is 0 Å². The fourth-order valence-electron chi connectivity index (χ4n) is 2.15. The molecule has 0 atom stereocenters. The number of rotatable bonds is 7. The SMILES string of the molecule is COc1cc(OC)cc(C(=O)NCCNC(=O)c2ccccc2O)c1. The van der Waals surface area contributed by atoms with Crippen molar-refractivity contribution in [3.8, 4) is 17.2 Å². The fraction of sp³-hybridized carbons (Fsp3) is 0.222. The Hall–Kier alpha value is -3.22. The number of hydrogen-bond donors (Lipinski definition) is 3. The average molecular weight is 344 g/mol. The summed E-state index contributed by atoms with van der Waals surface area (Å²) in [4.78, 5) is 24.1. The van der Waals surface area contributed by atoms with Crippen LogP contribution in [0.2, 0.25) is 0 Å². The number of phenols is 1. The zero-order valence-electron chi connectivity index (χ0n) is 14.0. The van der Waals surface area contributed by atoms with Gasteiger partial charge in [-0.1, -0.05) is 12.1 Å². The zero-order valence-corrected chi connectivity index (χ0v) is 14.0. The number of hydrogen-bond acceptors (Lipinski definition) is 5. The summed E-state index contributed by atoms with van der Waals surface area (Å²) < 4.78 is 10.2. The Morgan fingerprint density at radius 3 is 2.04 bits per heavy atom. The largest absolute Gasteiger partial charge is 0.507 e. The molecule has 132 valence electrons. The Morgan fingerprint density at radius 1 is 0.920 bits per heavy atom. The standard InChI is InChI=1S/C18H20N2O5/c1-24-13-9-12(10-14(11-13)25-2)17(22)19-7-8-20-18(23)15-5-3-4-6-16(15)21/h3-6,9-11,21H,7-8H2,1-2H3,(H,19,22)(H,20,23). The van der Waals surface area contributed by atoms with Crippen LogP contribution in [0.4, 0.5) is 0 Å². The van der Waals surface area contributed by atoms with Crippen LogP contribution >= 0.6 is 0 Å². The Kier molecular flexibility index (Phi) is 6.22. The quantitative estimate of drug-likeness (QED) is 0.663. The van der Waals surface area contributed by atoms with Crippen molar-refractivity contribution in [2.75, 3.05) is 27.3 Å². The van der Waals surface area contributed by atoms with E-state index in [1.807, 2.05) is 0 Å². The van der Waals surface area contributed by atoms with Crippen molar-refractivity contribution >= 4 is 11.8 Å².